The van der Waals surface area contributed by atoms with Crippen LogP contribution in [0.15, 0.2) is 0 Å². The summed E-state index contributed by atoms with van der Waals surface area (Å²) in [5.41, 5.74) is 0. The topological polar surface area (TPSA) is 168 Å². The lowest BCUT2D eigenvalue weighted by atomic mass is 9.98. The average molecular weight is 370 g/mol. The lowest BCUT2D eigenvalue weighted by molar-refractivity contribution is -0.329. The largest absolute Gasteiger partial charge is 0.394 e. The molecule has 0 amide bonds. The van der Waals surface area contributed by atoms with Crippen LogP contribution in [0.3, 0.4) is 0 Å². The molecule has 2 heterocycles. The van der Waals surface area contributed by atoms with E-state index in [-0.39, 0.29) is 6.61 Å². The maximum absolute atomic E-state index is 10.3. The van der Waals surface area contributed by atoms with E-state index in [4.69, 9.17) is 23.7 Å². The molecule has 10 atom stereocenters. The van der Waals surface area contributed by atoms with Crippen LogP contribution in [0, 0.1) is 0 Å². The summed E-state index contributed by atoms with van der Waals surface area (Å²) in [6.45, 7) is -0.771. The maximum atomic E-state index is 10.3. The summed E-state index contributed by atoms with van der Waals surface area (Å²) in [6.07, 6.45) is -12.5. The van der Waals surface area contributed by atoms with Crippen LogP contribution in [-0.4, -0.2) is 119 Å². The highest BCUT2D eigenvalue weighted by atomic mass is 16.7. The Balaban J connectivity index is 1.99. The molecule has 2 aliphatic heterocycles. The Kier molecular flexibility index (Phi) is 7.49. The van der Waals surface area contributed by atoms with E-state index in [1.165, 1.54) is 14.2 Å². The molecule has 0 aliphatic carbocycles. The summed E-state index contributed by atoms with van der Waals surface area (Å²) in [5, 5.41) is 58.2. The van der Waals surface area contributed by atoms with Gasteiger partial charge in [-0.2, -0.15) is 0 Å². The fraction of sp³-hybridized carbons (Fsp3) is 1.00. The van der Waals surface area contributed by atoms with Crippen LogP contribution < -0.4 is 0 Å². The monoisotopic (exact) mass is 370 g/mol. The quantitative estimate of drug-likeness (QED) is 0.269. The highest BCUT2D eigenvalue weighted by Crippen LogP contribution is 2.27. The number of ether oxygens (including phenoxy) is 5. The van der Waals surface area contributed by atoms with Crippen LogP contribution in [0.2, 0.25) is 0 Å². The molecule has 10 unspecified atom stereocenters. The summed E-state index contributed by atoms with van der Waals surface area (Å²) in [7, 11) is 2.75. The smallest absolute Gasteiger partial charge is 0.186 e. The minimum Gasteiger partial charge on any atom is -0.394 e. The third kappa shape index (κ3) is 4.28. The van der Waals surface area contributed by atoms with Gasteiger partial charge in [0, 0.05) is 14.2 Å². The van der Waals surface area contributed by atoms with Crippen LogP contribution in [0.1, 0.15) is 0 Å². The molecule has 2 saturated heterocycles. The van der Waals surface area contributed by atoms with Gasteiger partial charge in [0.05, 0.1) is 13.2 Å². The number of aliphatic hydroxyl groups excluding tert-OH is 6. The average Bonchev–Trinajstić information content (AvgIpc) is 2.61. The number of hydrogen-bond donors (Lipinski definition) is 6. The van der Waals surface area contributed by atoms with Crippen LogP contribution in [0.25, 0.3) is 0 Å². The number of methoxy groups -OCH3 is 2. The van der Waals surface area contributed by atoms with Crippen molar-refractivity contribution in [1.29, 1.82) is 0 Å². The second kappa shape index (κ2) is 8.97. The molecular formula is C14H26O11. The van der Waals surface area contributed by atoms with Crippen molar-refractivity contribution < 1.29 is 54.3 Å². The van der Waals surface area contributed by atoms with Gasteiger partial charge in [-0.3, -0.25) is 0 Å². The van der Waals surface area contributed by atoms with Gasteiger partial charge in [-0.15, -0.1) is 0 Å². The van der Waals surface area contributed by atoms with Crippen molar-refractivity contribution in [1.82, 2.24) is 0 Å². The molecule has 25 heavy (non-hydrogen) atoms. The molecule has 11 nitrogen and oxygen atoms in total. The van der Waals surface area contributed by atoms with Gasteiger partial charge in [0.25, 0.3) is 0 Å². The Morgan fingerprint density at radius 1 is 0.760 bits per heavy atom. The molecule has 0 aromatic carbocycles. The second-order valence-electron chi connectivity index (χ2n) is 5.99. The molecule has 2 rings (SSSR count). The highest BCUT2D eigenvalue weighted by Gasteiger charge is 2.48. The molecule has 2 fully saturated rings. The molecule has 0 saturated carbocycles. The van der Waals surface area contributed by atoms with E-state index in [1.807, 2.05) is 0 Å². The fourth-order valence-corrected chi connectivity index (χ4v) is 2.99. The zero-order chi connectivity index (χ0) is 18.7. The third-order valence-electron chi connectivity index (χ3n) is 4.45. The van der Waals surface area contributed by atoms with E-state index in [1.54, 1.807) is 0 Å². The van der Waals surface area contributed by atoms with Crippen molar-refractivity contribution in [3.8, 4) is 0 Å². The first kappa shape index (κ1) is 20.9. The van der Waals surface area contributed by atoms with Gasteiger partial charge in [0.2, 0.25) is 0 Å². The number of aliphatic hydroxyl groups is 6. The van der Waals surface area contributed by atoms with Gasteiger partial charge < -0.3 is 54.3 Å². The van der Waals surface area contributed by atoms with Gasteiger partial charge >= 0.3 is 0 Å². The first-order valence-corrected chi connectivity index (χ1v) is 7.85. The van der Waals surface area contributed by atoms with E-state index >= 15 is 0 Å². The standard InChI is InChI=1S/C14H26O11/c1-21-11-5(3-15)25-14(10(19)12(11)22-2)23-4-6-7(16)8(17)9(18)13(20)24-6/h5-20H,3-4H2,1-2H3. The Morgan fingerprint density at radius 3 is 1.96 bits per heavy atom. The van der Waals surface area contributed by atoms with E-state index in [0.29, 0.717) is 0 Å². The molecule has 0 spiro atoms. The minimum absolute atomic E-state index is 0.365. The SMILES string of the molecule is COC1C(CO)OC(OCC2OC(O)C(O)C(O)C2O)C(O)C1OC. The van der Waals surface area contributed by atoms with Crippen molar-refractivity contribution in [2.24, 2.45) is 0 Å². The predicted octanol–water partition coefficient (Wildman–Crippen LogP) is -4.09. The zero-order valence-corrected chi connectivity index (χ0v) is 13.9. The summed E-state index contributed by atoms with van der Waals surface area (Å²) in [6, 6.07) is 0. The van der Waals surface area contributed by atoms with E-state index in [0.717, 1.165) is 0 Å². The third-order valence-corrected chi connectivity index (χ3v) is 4.45. The van der Waals surface area contributed by atoms with Gasteiger partial charge in [-0.05, 0) is 0 Å². The lowest BCUT2D eigenvalue weighted by Gasteiger charge is -2.43. The summed E-state index contributed by atoms with van der Waals surface area (Å²) in [4.78, 5) is 0. The van der Waals surface area contributed by atoms with Crippen molar-refractivity contribution in [2.45, 2.75) is 61.4 Å². The van der Waals surface area contributed by atoms with Gasteiger partial charge in [0.15, 0.2) is 12.6 Å². The molecule has 0 radical (unpaired) electrons. The molecule has 2 aliphatic rings. The van der Waals surface area contributed by atoms with Crippen molar-refractivity contribution in [2.75, 3.05) is 27.4 Å². The van der Waals surface area contributed by atoms with E-state index in [2.05, 4.69) is 0 Å². The Morgan fingerprint density at radius 2 is 1.40 bits per heavy atom. The van der Waals surface area contributed by atoms with Crippen LogP contribution in [0.4, 0.5) is 0 Å². The second-order valence-corrected chi connectivity index (χ2v) is 5.99. The molecule has 148 valence electrons. The molecule has 0 aromatic rings. The summed E-state index contributed by atoms with van der Waals surface area (Å²) in [5.74, 6) is 0. The van der Waals surface area contributed by atoms with Gasteiger partial charge in [0.1, 0.15) is 48.8 Å². The first-order valence-electron chi connectivity index (χ1n) is 7.85. The van der Waals surface area contributed by atoms with Crippen LogP contribution >= 0.6 is 0 Å². The van der Waals surface area contributed by atoms with Crippen LogP contribution in [-0.2, 0) is 23.7 Å². The van der Waals surface area contributed by atoms with E-state index in [9.17, 15) is 30.6 Å². The lowest BCUT2D eigenvalue weighted by Crippen LogP contribution is -2.62. The maximum Gasteiger partial charge on any atom is 0.186 e. The first-order chi connectivity index (χ1) is 11.8. The van der Waals surface area contributed by atoms with Crippen molar-refractivity contribution >= 4 is 0 Å². The van der Waals surface area contributed by atoms with E-state index < -0.39 is 68.0 Å². The van der Waals surface area contributed by atoms with Gasteiger partial charge in [-0.1, -0.05) is 0 Å². The Bertz CT molecular complexity index is 410. The molecule has 0 bridgehead atoms. The summed E-state index contributed by atoms with van der Waals surface area (Å²) >= 11 is 0. The Labute approximate surface area is 144 Å². The van der Waals surface area contributed by atoms with Crippen molar-refractivity contribution in [3.05, 3.63) is 0 Å². The molecule has 6 N–H and O–H groups in total. The zero-order valence-electron chi connectivity index (χ0n) is 13.9. The number of hydrogen-bond acceptors (Lipinski definition) is 11. The van der Waals surface area contributed by atoms with Crippen LogP contribution in [0.5, 0.6) is 0 Å². The molecular weight excluding hydrogens is 344 g/mol. The fourth-order valence-electron chi connectivity index (χ4n) is 2.99. The predicted molar refractivity (Wildman–Crippen MR) is 78.2 cm³/mol. The Hall–Kier alpha value is -0.440. The minimum atomic E-state index is -1.70. The highest BCUT2D eigenvalue weighted by molar-refractivity contribution is 4.92. The normalized spacial score (nSPS) is 48.5. The van der Waals surface area contributed by atoms with Gasteiger partial charge in [-0.25, -0.2) is 0 Å². The molecule has 0 aromatic heterocycles. The number of rotatable bonds is 6. The van der Waals surface area contributed by atoms with Crippen molar-refractivity contribution in [3.63, 3.8) is 0 Å². The molecule has 11 heteroatoms. The summed E-state index contributed by atoms with van der Waals surface area (Å²) < 4.78 is 26.2.